The molecule has 0 radical (unpaired) electrons. The summed E-state index contributed by atoms with van der Waals surface area (Å²) in [6, 6.07) is 7.57. The predicted octanol–water partition coefficient (Wildman–Crippen LogP) is 1.91. The van der Waals surface area contributed by atoms with Crippen molar-refractivity contribution in [3.63, 3.8) is 0 Å². The normalized spacial score (nSPS) is 15.3. The molecule has 3 nitrogen and oxygen atoms in total. The molecule has 0 bridgehead atoms. The molecule has 1 unspecified atom stereocenters. The molecule has 2 N–H and O–H groups in total. The van der Waals surface area contributed by atoms with Crippen LogP contribution in [0.3, 0.4) is 0 Å². The van der Waals surface area contributed by atoms with E-state index in [1.807, 2.05) is 12.1 Å². The van der Waals surface area contributed by atoms with Crippen molar-refractivity contribution < 1.29 is 9.53 Å². The maximum Gasteiger partial charge on any atom is 0.322 e. The molecular formula is C14H17NO2. The molecule has 0 heterocycles. The van der Waals surface area contributed by atoms with Gasteiger partial charge < -0.3 is 10.5 Å². The number of nitrogens with two attached hydrogens (primary N) is 1. The number of ether oxygens (including phenoxy) is 1. The Bertz CT molecular complexity index is 428. The summed E-state index contributed by atoms with van der Waals surface area (Å²) in [5.41, 5.74) is 9.48. The predicted molar refractivity (Wildman–Crippen MR) is 67.3 cm³/mol. The van der Waals surface area contributed by atoms with E-state index in [1.165, 1.54) is 31.1 Å². The average Bonchev–Trinajstić information content (AvgIpc) is 3.14. The van der Waals surface area contributed by atoms with E-state index in [2.05, 4.69) is 22.9 Å². The van der Waals surface area contributed by atoms with Gasteiger partial charge in [0, 0.05) is 0 Å². The summed E-state index contributed by atoms with van der Waals surface area (Å²) in [5, 5.41) is 0. The molecule has 0 amide bonds. The number of hydrogen-bond acceptors (Lipinski definition) is 3. The molecule has 3 heteroatoms. The molecule has 0 aliphatic heterocycles. The molecule has 0 aromatic heterocycles. The highest BCUT2D eigenvalue weighted by atomic mass is 16.5. The molecule has 1 aromatic rings. The smallest absolute Gasteiger partial charge is 0.322 e. The monoisotopic (exact) mass is 231 g/mol. The Labute approximate surface area is 101 Å². The second kappa shape index (κ2) is 5.15. The van der Waals surface area contributed by atoms with Gasteiger partial charge in [-0.2, -0.15) is 0 Å². The number of carbonyl (C=O) groups excluding carboxylic acids is 1. The van der Waals surface area contributed by atoms with Crippen LogP contribution in [0.4, 0.5) is 0 Å². The van der Waals surface area contributed by atoms with E-state index in [-0.39, 0.29) is 5.97 Å². The van der Waals surface area contributed by atoms with Crippen LogP contribution in [0.5, 0.6) is 0 Å². The van der Waals surface area contributed by atoms with E-state index >= 15 is 0 Å². The van der Waals surface area contributed by atoms with Crippen molar-refractivity contribution in [1.82, 2.24) is 0 Å². The Kier molecular flexibility index (Phi) is 3.59. The molecular weight excluding hydrogens is 214 g/mol. The van der Waals surface area contributed by atoms with Gasteiger partial charge >= 0.3 is 5.97 Å². The molecule has 2 rings (SSSR count). The van der Waals surface area contributed by atoms with Gasteiger partial charge in [0.1, 0.15) is 6.04 Å². The fourth-order valence-electron chi connectivity index (χ4n) is 1.69. The maximum atomic E-state index is 11.2. The van der Waals surface area contributed by atoms with E-state index in [1.54, 1.807) is 0 Å². The van der Waals surface area contributed by atoms with Crippen LogP contribution in [0.2, 0.25) is 0 Å². The third-order valence-corrected chi connectivity index (χ3v) is 2.85. The van der Waals surface area contributed by atoms with Gasteiger partial charge in [0.2, 0.25) is 0 Å². The number of benzene rings is 1. The van der Waals surface area contributed by atoms with E-state index in [0.717, 1.165) is 5.56 Å². The highest BCUT2D eigenvalue weighted by Crippen LogP contribution is 2.30. The van der Waals surface area contributed by atoms with Crippen LogP contribution in [0.1, 0.15) is 24.0 Å². The third kappa shape index (κ3) is 3.43. The highest BCUT2D eigenvalue weighted by molar-refractivity contribution is 5.75. The topological polar surface area (TPSA) is 52.3 Å². The first-order valence-electron chi connectivity index (χ1n) is 5.81. The van der Waals surface area contributed by atoms with Crippen molar-refractivity contribution in [3.8, 4) is 0 Å². The SMILES string of the molecule is COC(=O)C(N)Cc1ccc(C=C2CC2)cc1. The zero-order valence-corrected chi connectivity index (χ0v) is 9.98. The first-order valence-corrected chi connectivity index (χ1v) is 5.81. The molecule has 1 aliphatic rings. The number of methoxy groups -OCH3 is 1. The van der Waals surface area contributed by atoms with Crippen LogP contribution >= 0.6 is 0 Å². The summed E-state index contributed by atoms with van der Waals surface area (Å²) in [4.78, 5) is 11.2. The number of allylic oxidation sites excluding steroid dienone is 1. The van der Waals surface area contributed by atoms with E-state index in [0.29, 0.717) is 6.42 Å². The first kappa shape index (κ1) is 11.9. The van der Waals surface area contributed by atoms with Gasteiger partial charge in [-0.1, -0.05) is 35.9 Å². The second-order valence-electron chi connectivity index (χ2n) is 4.38. The van der Waals surface area contributed by atoms with Gasteiger partial charge in [-0.15, -0.1) is 0 Å². The summed E-state index contributed by atoms with van der Waals surface area (Å²) >= 11 is 0. The summed E-state index contributed by atoms with van der Waals surface area (Å²) < 4.78 is 4.60. The summed E-state index contributed by atoms with van der Waals surface area (Å²) in [6.45, 7) is 0. The van der Waals surface area contributed by atoms with Crippen molar-refractivity contribution in [1.29, 1.82) is 0 Å². The lowest BCUT2D eigenvalue weighted by Crippen LogP contribution is -2.33. The minimum atomic E-state index is -0.576. The van der Waals surface area contributed by atoms with Crippen LogP contribution < -0.4 is 5.73 Å². The fraction of sp³-hybridized carbons (Fsp3) is 0.357. The molecule has 1 aliphatic carbocycles. The van der Waals surface area contributed by atoms with Crippen molar-refractivity contribution in [2.24, 2.45) is 5.73 Å². The number of carbonyl (C=O) groups is 1. The second-order valence-corrected chi connectivity index (χ2v) is 4.38. The van der Waals surface area contributed by atoms with Gasteiger partial charge in [0.25, 0.3) is 0 Å². The Hall–Kier alpha value is -1.61. The van der Waals surface area contributed by atoms with Crippen molar-refractivity contribution in [2.75, 3.05) is 7.11 Å². The fourth-order valence-corrected chi connectivity index (χ4v) is 1.69. The van der Waals surface area contributed by atoms with Gasteiger partial charge in [-0.05, 0) is 30.4 Å². The molecule has 0 spiro atoms. The maximum absolute atomic E-state index is 11.2. The van der Waals surface area contributed by atoms with Crippen LogP contribution in [-0.2, 0) is 16.0 Å². The minimum Gasteiger partial charge on any atom is -0.468 e. The lowest BCUT2D eigenvalue weighted by atomic mass is 10.0. The molecule has 1 saturated carbocycles. The molecule has 1 fully saturated rings. The molecule has 1 atom stereocenters. The quantitative estimate of drug-likeness (QED) is 0.805. The van der Waals surface area contributed by atoms with Gasteiger partial charge in [-0.25, -0.2) is 0 Å². The summed E-state index contributed by atoms with van der Waals surface area (Å²) in [6.07, 6.45) is 5.19. The highest BCUT2D eigenvalue weighted by Gasteiger charge is 2.14. The number of rotatable bonds is 4. The third-order valence-electron chi connectivity index (χ3n) is 2.85. The molecule has 0 saturated heterocycles. The summed E-state index contributed by atoms with van der Waals surface area (Å²) in [5.74, 6) is -0.367. The summed E-state index contributed by atoms with van der Waals surface area (Å²) in [7, 11) is 1.35. The lowest BCUT2D eigenvalue weighted by Gasteiger charge is -2.09. The number of esters is 1. The number of hydrogen-bond donors (Lipinski definition) is 1. The first-order chi connectivity index (χ1) is 8.19. The van der Waals surface area contributed by atoms with Crippen molar-refractivity contribution in [3.05, 3.63) is 41.0 Å². The largest absolute Gasteiger partial charge is 0.468 e. The van der Waals surface area contributed by atoms with Crippen LogP contribution in [-0.4, -0.2) is 19.1 Å². The average molecular weight is 231 g/mol. The lowest BCUT2D eigenvalue weighted by molar-refractivity contribution is -0.142. The van der Waals surface area contributed by atoms with Gasteiger partial charge in [0.05, 0.1) is 7.11 Å². The molecule has 90 valence electrons. The van der Waals surface area contributed by atoms with Gasteiger partial charge in [-0.3, -0.25) is 4.79 Å². The molecule has 17 heavy (non-hydrogen) atoms. The Balaban J connectivity index is 1.97. The van der Waals surface area contributed by atoms with E-state index in [9.17, 15) is 4.79 Å². The van der Waals surface area contributed by atoms with Crippen molar-refractivity contribution >= 4 is 12.0 Å². The van der Waals surface area contributed by atoms with E-state index < -0.39 is 6.04 Å². The van der Waals surface area contributed by atoms with Crippen molar-refractivity contribution in [2.45, 2.75) is 25.3 Å². The standard InChI is InChI=1S/C14H17NO2/c1-17-14(16)13(15)9-12-6-4-11(5-7-12)8-10-2-3-10/h4-8,13H,2-3,9,15H2,1H3. The molecule has 1 aromatic carbocycles. The Morgan fingerprint density at radius 2 is 2.06 bits per heavy atom. The van der Waals surface area contributed by atoms with Gasteiger partial charge in [0.15, 0.2) is 0 Å². The zero-order chi connectivity index (χ0) is 12.3. The Morgan fingerprint density at radius 1 is 1.41 bits per heavy atom. The minimum absolute atomic E-state index is 0.367. The van der Waals surface area contributed by atoms with Crippen LogP contribution in [0.15, 0.2) is 29.8 Å². The van der Waals surface area contributed by atoms with E-state index in [4.69, 9.17) is 5.73 Å². The Morgan fingerprint density at radius 3 is 2.59 bits per heavy atom. The zero-order valence-electron chi connectivity index (χ0n) is 9.98. The van der Waals surface area contributed by atoms with Crippen LogP contribution in [0, 0.1) is 0 Å². The van der Waals surface area contributed by atoms with Crippen LogP contribution in [0.25, 0.3) is 6.08 Å².